The lowest BCUT2D eigenvalue weighted by molar-refractivity contribution is -0.137. The van der Waals surface area contributed by atoms with Gasteiger partial charge in [-0.15, -0.1) is 0 Å². The van der Waals surface area contributed by atoms with Crippen LogP contribution in [0.3, 0.4) is 0 Å². The fourth-order valence-electron chi connectivity index (χ4n) is 1.62. The van der Waals surface area contributed by atoms with Crippen molar-refractivity contribution in [2.75, 3.05) is 7.05 Å². The molecule has 7 heteroatoms. The maximum absolute atomic E-state index is 12.5. The van der Waals surface area contributed by atoms with Crippen molar-refractivity contribution in [2.45, 2.75) is 12.7 Å². The summed E-state index contributed by atoms with van der Waals surface area (Å²) in [6, 6.07) is 5.01. The third-order valence-corrected chi connectivity index (χ3v) is 2.93. The smallest absolute Gasteiger partial charge is 0.316 e. The first-order valence-electron chi connectivity index (χ1n) is 5.47. The number of hydrogen-bond donors (Lipinski definition) is 1. The number of halogens is 4. The van der Waals surface area contributed by atoms with Crippen LogP contribution in [-0.4, -0.2) is 16.8 Å². The highest BCUT2D eigenvalue weighted by molar-refractivity contribution is 6.31. The minimum atomic E-state index is -4.39. The van der Waals surface area contributed by atoms with Gasteiger partial charge >= 0.3 is 6.18 Å². The first-order chi connectivity index (χ1) is 8.91. The zero-order chi connectivity index (χ0) is 14.0. The quantitative estimate of drug-likeness (QED) is 0.940. The number of rotatable bonds is 3. The Kier molecular flexibility index (Phi) is 3.82. The molecule has 2 aromatic rings. The predicted molar refractivity (Wildman–Crippen MR) is 66.3 cm³/mol. The first kappa shape index (κ1) is 13.9. The third kappa shape index (κ3) is 3.08. The molecule has 3 nitrogen and oxygen atoms in total. The van der Waals surface area contributed by atoms with Gasteiger partial charge in [0.15, 0.2) is 0 Å². The summed E-state index contributed by atoms with van der Waals surface area (Å²) < 4.78 is 38.6. The Bertz CT molecular complexity index is 578. The van der Waals surface area contributed by atoms with Crippen molar-refractivity contribution in [1.29, 1.82) is 0 Å². The monoisotopic (exact) mass is 289 g/mol. The van der Waals surface area contributed by atoms with E-state index in [-0.39, 0.29) is 0 Å². The summed E-state index contributed by atoms with van der Waals surface area (Å²) in [7, 11) is 1.79. The zero-order valence-corrected chi connectivity index (χ0v) is 10.8. The van der Waals surface area contributed by atoms with Crippen LogP contribution in [0.1, 0.15) is 11.1 Å². The van der Waals surface area contributed by atoms with Gasteiger partial charge < -0.3 is 5.32 Å². The molecule has 2 rings (SSSR count). The van der Waals surface area contributed by atoms with Gasteiger partial charge in [0.25, 0.3) is 0 Å². The Hall–Kier alpha value is -1.53. The van der Waals surface area contributed by atoms with Gasteiger partial charge in [-0.1, -0.05) is 17.7 Å². The van der Waals surface area contributed by atoms with Crippen LogP contribution in [0.15, 0.2) is 30.6 Å². The van der Waals surface area contributed by atoms with Gasteiger partial charge in [-0.25, -0.2) is 4.68 Å². The molecule has 1 N–H and O–H groups in total. The maximum Gasteiger partial charge on any atom is 0.419 e. The van der Waals surface area contributed by atoms with Gasteiger partial charge in [0, 0.05) is 17.8 Å². The third-order valence-electron chi connectivity index (χ3n) is 2.58. The number of aromatic nitrogens is 2. The molecule has 0 aliphatic carbocycles. The second-order valence-electron chi connectivity index (χ2n) is 3.98. The molecule has 0 spiro atoms. The number of nitrogens with one attached hydrogen (secondary N) is 1. The minimum Gasteiger partial charge on any atom is -0.316 e. The molecule has 0 bridgehead atoms. The van der Waals surface area contributed by atoms with Crippen molar-refractivity contribution in [3.8, 4) is 5.69 Å². The number of alkyl halides is 3. The van der Waals surface area contributed by atoms with Crippen LogP contribution in [0.5, 0.6) is 0 Å². The molecular formula is C12H11ClF3N3. The van der Waals surface area contributed by atoms with Gasteiger partial charge in [-0.3, -0.25) is 0 Å². The molecule has 102 valence electrons. The van der Waals surface area contributed by atoms with E-state index in [0.717, 1.165) is 22.6 Å². The Labute approximate surface area is 113 Å². The van der Waals surface area contributed by atoms with Crippen LogP contribution in [0.2, 0.25) is 5.02 Å². The number of hydrogen-bond acceptors (Lipinski definition) is 2. The average Bonchev–Trinajstić information content (AvgIpc) is 2.81. The molecule has 1 aromatic carbocycles. The molecule has 19 heavy (non-hydrogen) atoms. The van der Waals surface area contributed by atoms with E-state index in [4.69, 9.17) is 11.6 Å². The molecule has 0 aliphatic heterocycles. The van der Waals surface area contributed by atoms with Crippen LogP contribution in [-0.2, 0) is 12.7 Å². The lowest BCUT2D eigenvalue weighted by atomic mass is 10.2. The molecule has 0 radical (unpaired) electrons. The Morgan fingerprint density at radius 1 is 1.37 bits per heavy atom. The summed E-state index contributed by atoms with van der Waals surface area (Å²) >= 11 is 6.05. The highest BCUT2D eigenvalue weighted by Crippen LogP contribution is 2.29. The summed E-state index contributed by atoms with van der Waals surface area (Å²) in [4.78, 5) is 0. The Morgan fingerprint density at radius 3 is 2.63 bits per heavy atom. The van der Waals surface area contributed by atoms with Crippen LogP contribution >= 0.6 is 11.6 Å². The van der Waals surface area contributed by atoms with E-state index in [1.165, 1.54) is 0 Å². The summed E-state index contributed by atoms with van der Waals surface area (Å²) in [5.41, 5.74) is 0.569. The largest absolute Gasteiger partial charge is 0.419 e. The van der Waals surface area contributed by atoms with E-state index in [2.05, 4.69) is 10.4 Å². The SMILES string of the molecule is CNCc1ccc(-n2cc(C(F)(F)F)cn2)cc1Cl. The second kappa shape index (κ2) is 5.22. The zero-order valence-electron chi connectivity index (χ0n) is 10.0. The van der Waals surface area contributed by atoms with Crippen LogP contribution in [0.25, 0.3) is 5.69 Å². The van der Waals surface area contributed by atoms with Crippen molar-refractivity contribution in [3.63, 3.8) is 0 Å². The normalized spacial score (nSPS) is 11.8. The second-order valence-corrected chi connectivity index (χ2v) is 4.38. The fourth-order valence-corrected chi connectivity index (χ4v) is 1.86. The molecule has 0 amide bonds. The van der Waals surface area contributed by atoms with Crippen molar-refractivity contribution < 1.29 is 13.2 Å². The molecule has 1 aromatic heterocycles. The standard InChI is InChI=1S/C12H11ClF3N3/c1-17-5-8-2-3-10(4-11(8)13)19-7-9(6-18-19)12(14,15)16/h2-4,6-7,17H,5H2,1H3. The molecule has 0 saturated heterocycles. The van der Waals surface area contributed by atoms with E-state index in [1.54, 1.807) is 25.2 Å². The van der Waals surface area contributed by atoms with Crippen LogP contribution < -0.4 is 5.32 Å². The summed E-state index contributed by atoms with van der Waals surface area (Å²) in [6.07, 6.45) is -2.67. The molecule has 0 unspecified atom stereocenters. The van der Waals surface area contributed by atoms with Gasteiger partial charge in [0.2, 0.25) is 0 Å². The van der Waals surface area contributed by atoms with E-state index < -0.39 is 11.7 Å². The van der Waals surface area contributed by atoms with Gasteiger partial charge in [0.1, 0.15) is 0 Å². The molecule has 0 fully saturated rings. The highest BCUT2D eigenvalue weighted by atomic mass is 35.5. The van der Waals surface area contributed by atoms with Crippen LogP contribution in [0.4, 0.5) is 13.2 Å². The number of benzene rings is 1. The molecule has 0 atom stereocenters. The van der Waals surface area contributed by atoms with Crippen molar-refractivity contribution in [3.05, 3.63) is 46.7 Å². The van der Waals surface area contributed by atoms with E-state index >= 15 is 0 Å². The van der Waals surface area contributed by atoms with Gasteiger partial charge in [0.05, 0.1) is 17.4 Å². The van der Waals surface area contributed by atoms with Crippen LogP contribution in [0, 0.1) is 0 Å². The van der Waals surface area contributed by atoms with Crippen molar-refractivity contribution in [2.24, 2.45) is 0 Å². The molecule has 0 saturated carbocycles. The van der Waals surface area contributed by atoms with Gasteiger partial charge in [-0.05, 0) is 24.7 Å². The lowest BCUT2D eigenvalue weighted by Gasteiger charge is -2.07. The predicted octanol–water partition coefficient (Wildman–Crippen LogP) is 3.26. The summed E-state index contributed by atoms with van der Waals surface area (Å²) in [5, 5.41) is 7.13. The Morgan fingerprint density at radius 2 is 2.11 bits per heavy atom. The molecular weight excluding hydrogens is 279 g/mol. The van der Waals surface area contributed by atoms with Crippen molar-refractivity contribution in [1.82, 2.24) is 15.1 Å². The van der Waals surface area contributed by atoms with Gasteiger partial charge in [-0.2, -0.15) is 18.3 Å². The average molecular weight is 290 g/mol. The summed E-state index contributed by atoms with van der Waals surface area (Å²) in [5.74, 6) is 0. The topological polar surface area (TPSA) is 29.9 Å². The lowest BCUT2D eigenvalue weighted by Crippen LogP contribution is -2.06. The Balaban J connectivity index is 2.32. The van der Waals surface area contributed by atoms with E-state index in [9.17, 15) is 13.2 Å². The molecule has 0 aliphatic rings. The van der Waals surface area contributed by atoms with E-state index in [0.29, 0.717) is 17.3 Å². The summed E-state index contributed by atoms with van der Waals surface area (Å²) in [6.45, 7) is 0.589. The highest BCUT2D eigenvalue weighted by Gasteiger charge is 2.32. The van der Waals surface area contributed by atoms with E-state index in [1.807, 2.05) is 0 Å². The first-order valence-corrected chi connectivity index (χ1v) is 5.85. The molecule has 1 heterocycles. The number of nitrogens with zero attached hydrogens (tertiary/aromatic N) is 2. The fraction of sp³-hybridized carbons (Fsp3) is 0.250. The maximum atomic E-state index is 12.5. The minimum absolute atomic E-state index is 0.482. The van der Waals surface area contributed by atoms with Crippen molar-refractivity contribution >= 4 is 11.6 Å².